The standard InChI is InChI=1S/C12H13NO3/c14-11-12(15,9-4-2-1-3-5-9)10-8-16-7-6-13(10)11/h1-5,10,15H,6-8H2/t10-,12-/m0/s1. The Balaban J connectivity index is 1.97. The average Bonchev–Trinajstić information content (AvgIpc) is 2.38. The van der Waals surface area contributed by atoms with Crippen molar-refractivity contribution in [2.75, 3.05) is 19.8 Å². The van der Waals surface area contributed by atoms with E-state index in [2.05, 4.69) is 0 Å². The molecule has 3 rings (SSSR count). The average molecular weight is 219 g/mol. The Morgan fingerprint density at radius 1 is 1.38 bits per heavy atom. The van der Waals surface area contributed by atoms with Gasteiger partial charge < -0.3 is 14.7 Å². The van der Waals surface area contributed by atoms with Gasteiger partial charge in [0.1, 0.15) is 0 Å². The van der Waals surface area contributed by atoms with Crippen LogP contribution < -0.4 is 0 Å². The molecule has 0 spiro atoms. The molecule has 0 aliphatic carbocycles. The van der Waals surface area contributed by atoms with Gasteiger partial charge in [0, 0.05) is 6.54 Å². The first-order valence-electron chi connectivity index (χ1n) is 5.41. The van der Waals surface area contributed by atoms with Crippen molar-refractivity contribution < 1.29 is 14.6 Å². The summed E-state index contributed by atoms with van der Waals surface area (Å²) >= 11 is 0. The highest BCUT2D eigenvalue weighted by atomic mass is 16.5. The molecule has 0 aromatic heterocycles. The molecule has 4 heteroatoms. The SMILES string of the molecule is O=C1N2CCOC[C@H]2[C@@]1(O)c1ccccc1. The number of aliphatic hydroxyl groups is 1. The third kappa shape index (κ3) is 1.08. The van der Waals surface area contributed by atoms with Crippen LogP contribution in [0.4, 0.5) is 0 Å². The van der Waals surface area contributed by atoms with Crippen LogP contribution in [0, 0.1) is 0 Å². The third-order valence-corrected chi connectivity index (χ3v) is 3.41. The zero-order chi connectivity index (χ0) is 11.2. The summed E-state index contributed by atoms with van der Waals surface area (Å²) in [4.78, 5) is 13.6. The van der Waals surface area contributed by atoms with Crippen LogP contribution in [0.5, 0.6) is 0 Å². The lowest BCUT2D eigenvalue weighted by atomic mass is 9.76. The molecule has 0 saturated carbocycles. The molecule has 1 aromatic rings. The van der Waals surface area contributed by atoms with Crippen LogP contribution in [0.2, 0.25) is 0 Å². The molecule has 2 aliphatic heterocycles. The summed E-state index contributed by atoms with van der Waals surface area (Å²) < 4.78 is 5.31. The maximum absolute atomic E-state index is 11.9. The molecule has 4 nitrogen and oxygen atoms in total. The van der Waals surface area contributed by atoms with Crippen molar-refractivity contribution in [3.63, 3.8) is 0 Å². The lowest BCUT2D eigenvalue weighted by Gasteiger charge is -2.54. The lowest BCUT2D eigenvalue weighted by molar-refractivity contribution is -0.213. The summed E-state index contributed by atoms with van der Waals surface area (Å²) in [7, 11) is 0. The summed E-state index contributed by atoms with van der Waals surface area (Å²) in [5.74, 6) is -0.202. The smallest absolute Gasteiger partial charge is 0.262 e. The second-order valence-corrected chi connectivity index (χ2v) is 4.22. The minimum Gasteiger partial charge on any atom is -0.377 e. The topological polar surface area (TPSA) is 49.8 Å². The fourth-order valence-electron chi connectivity index (χ4n) is 2.50. The molecule has 84 valence electrons. The molecule has 2 atom stereocenters. The van der Waals surface area contributed by atoms with Gasteiger partial charge in [-0.1, -0.05) is 30.3 Å². The normalized spacial score (nSPS) is 33.2. The first-order chi connectivity index (χ1) is 7.74. The number of hydrogen-bond donors (Lipinski definition) is 1. The number of fused-ring (bicyclic) bond motifs is 1. The van der Waals surface area contributed by atoms with Gasteiger partial charge in [-0.05, 0) is 5.56 Å². The second kappa shape index (κ2) is 3.30. The highest BCUT2D eigenvalue weighted by Gasteiger charge is 2.61. The second-order valence-electron chi connectivity index (χ2n) is 4.22. The number of morpholine rings is 1. The van der Waals surface area contributed by atoms with Gasteiger partial charge in [-0.2, -0.15) is 0 Å². The monoisotopic (exact) mass is 219 g/mol. The number of rotatable bonds is 1. The maximum atomic E-state index is 11.9. The predicted molar refractivity (Wildman–Crippen MR) is 56.7 cm³/mol. The molecule has 0 unspecified atom stereocenters. The van der Waals surface area contributed by atoms with E-state index in [9.17, 15) is 9.90 Å². The minimum atomic E-state index is -1.37. The van der Waals surface area contributed by atoms with Crippen molar-refractivity contribution in [3.05, 3.63) is 35.9 Å². The van der Waals surface area contributed by atoms with Gasteiger partial charge in [0.05, 0.1) is 19.3 Å². The number of amides is 1. The van der Waals surface area contributed by atoms with Crippen LogP contribution in [0.3, 0.4) is 0 Å². The summed E-state index contributed by atoms with van der Waals surface area (Å²) in [5, 5.41) is 10.5. The van der Waals surface area contributed by atoms with Crippen molar-refractivity contribution >= 4 is 5.91 Å². The van der Waals surface area contributed by atoms with E-state index in [1.165, 1.54) is 0 Å². The summed E-state index contributed by atoms with van der Waals surface area (Å²) in [5.41, 5.74) is -0.714. The number of benzene rings is 1. The molecule has 0 bridgehead atoms. The number of carbonyl (C=O) groups excluding carboxylic acids is 1. The van der Waals surface area contributed by atoms with Crippen LogP contribution in [0.1, 0.15) is 5.56 Å². The molecule has 0 radical (unpaired) electrons. The summed E-state index contributed by atoms with van der Waals surface area (Å²) in [6.45, 7) is 1.56. The van der Waals surface area contributed by atoms with Gasteiger partial charge >= 0.3 is 0 Å². The molecule has 1 N–H and O–H groups in total. The molecule has 16 heavy (non-hydrogen) atoms. The Hall–Kier alpha value is -1.39. The van der Waals surface area contributed by atoms with Gasteiger partial charge in [0.25, 0.3) is 5.91 Å². The van der Waals surface area contributed by atoms with Crippen molar-refractivity contribution in [3.8, 4) is 0 Å². The number of hydrogen-bond acceptors (Lipinski definition) is 3. The van der Waals surface area contributed by atoms with Crippen LogP contribution in [-0.4, -0.2) is 41.7 Å². The molecular weight excluding hydrogens is 206 g/mol. The van der Waals surface area contributed by atoms with Gasteiger partial charge in [0.15, 0.2) is 5.60 Å². The Morgan fingerprint density at radius 2 is 2.12 bits per heavy atom. The Morgan fingerprint density at radius 3 is 2.88 bits per heavy atom. The molecule has 2 fully saturated rings. The fraction of sp³-hybridized carbons (Fsp3) is 0.417. The number of carbonyl (C=O) groups is 1. The minimum absolute atomic E-state index is 0.202. The van der Waals surface area contributed by atoms with E-state index in [4.69, 9.17) is 4.74 Å². The van der Waals surface area contributed by atoms with Crippen LogP contribution in [0.25, 0.3) is 0 Å². The Kier molecular flexibility index (Phi) is 2.02. The number of β-lactam (4-membered cyclic amide) rings is 1. The third-order valence-electron chi connectivity index (χ3n) is 3.41. The largest absolute Gasteiger partial charge is 0.377 e. The molecule has 2 aliphatic rings. The van der Waals surface area contributed by atoms with Gasteiger partial charge in [0.2, 0.25) is 0 Å². The zero-order valence-corrected chi connectivity index (χ0v) is 8.80. The zero-order valence-electron chi connectivity index (χ0n) is 8.80. The molecule has 1 aromatic carbocycles. The predicted octanol–water partition coefficient (Wildman–Crippen LogP) is 0.115. The van der Waals surface area contributed by atoms with E-state index >= 15 is 0 Å². The van der Waals surface area contributed by atoms with Gasteiger partial charge in [-0.25, -0.2) is 0 Å². The van der Waals surface area contributed by atoms with Gasteiger partial charge in [-0.15, -0.1) is 0 Å². The van der Waals surface area contributed by atoms with E-state index in [1.807, 2.05) is 18.2 Å². The first-order valence-corrected chi connectivity index (χ1v) is 5.41. The van der Waals surface area contributed by atoms with E-state index < -0.39 is 5.60 Å². The van der Waals surface area contributed by atoms with E-state index in [0.717, 1.165) is 0 Å². The summed E-state index contributed by atoms with van der Waals surface area (Å²) in [6.07, 6.45) is 0. The van der Waals surface area contributed by atoms with Crippen molar-refractivity contribution in [1.82, 2.24) is 4.90 Å². The fourth-order valence-corrected chi connectivity index (χ4v) is 2.50. The van der Waals surface area contributed by atoms with Crippen LogP contribution in [-0.2, 0) is 15.1 Å². The van der Waals surface area contributed by atoms with Crippen molar-refractivity contribution in [2.45, 2.75) is 11.6 Å². The first kappa shape index (κ1) is 9.81. The van der Waals surface area contributed by atoms with Gasteiger partial charge in [-0.3, -0.25) is 4.79 Å². The molecule has 2 heterocycles. The lowest BCUT2D eigenvalue weighted by Crippen LogP contribution is -2.75. The quantitative estimate of drug-likeness (QED) is 0.682. The summed E-state index contributed by atoms with van der Waals surface area (Å²) in [6, 6.07) is 8.86. The number of nitrogens with zero attached hydrogens (tertiary/aromatic N) is 1. The van der Waals surface area contributed by atoms with Crippen molar-refractivity contribution in [2.24, 2.45) is 0 Å². The molecule has 2 saturated heterocycles. The number of ether oxygens (including phenoxy) is 1. The Bertz CT molecular complexity index is 420. The van der Waals surface area contributed by atoms with Crippen molar-refractivity contribution in [1.29, 1.82) is 0 Å². The highest BCUT2D eigenvalue weighted by molar-refractivity contribution is 5.94. The molecular formula is C12H13NO3. The van der Waals surface area contributed by atoms with E-state index in [-0.39, 0.29) is 11.9 Å². The Labute approximate surface area is 93.4 Å². The molecule has 1 amide bonds. The maximum Gasteiger partial charge on any atom is 0.262 e. The van der Waals surface area contributed by atoms with E-state index in [1.54, 1.807) is 17.0 Å². The van der Waals surface area contributed by atoms with Crippen LogP contribution >= 0.6 is 0 Å². The van der Waals surface area contributed by atoms with Crippen LogP contribution in [0.15, 0.2) is 30.3 Å². The van der Waals surface area contributed by atoms with E-state index in [0.29, 0.717) is 25.3 Å². The highest BCUT2D eigenvalue weighted by Crippen LogP contribution is 2.41.